The molecular weight excluding hydrogens is 557 g/mol. The highest BCUT2D eigenvalue weighted by Gasteiger charge is 2.24. The number of halogens is 2. The van der Waals surface area contributed by atoms with Crippen molar-refractivity contribution < 1.29 is 9.59 Å². The van der Waals surface area contributed by atoms with Crippen LogP contribution in [0.1, 0.15) is 44.6 Å². The Balaban J connectivity index is 1.28. The molecule has 0 saturated carbocycles. The molecule has 1 amide bonds. The summed E-state index contributed by atoms with van der Waals surface area (Å²) in [6, 6.07) is 7.36. The lowest BCUT2D eigenvalue weighted by molar-refractivity contribution is -0.120. The molecule has 204 valence electrons. The Morgan fingerprint density at radius 1 is 0.923 bits per heavy atom. The molecule has 0 N–H and O–H groups in total. The Labute approximate surface area is 241 Å². The highest BCUT2D eigenvalue weighted by molar-refractivity contribution is 7.99. The molecule has 4 aromatic rings. The average molecular weight is 587 g/mol. The molecule has 1 atom stereocenters. The van der Waals surface area contributed by atoms with E-state index in [9.17, 15) is 9.59 Å². The molecule has 0 spiro atoms. The van der Waals surface area contributed by atoms with E-state index in [1.807, 2.05) is 38.1 Å². The number of anilines is 1. The number of hydrogen-bond acceptors (Lipinski definition) is 7. The zero-order valence-corrected chi connectivity index (χ0v) is 24.0. The minimum Gasteiger partial charge on any atom is -0.308 e. The van der Waals surface area contributed by atoms with Gasteiger partial charge < -0.3 is 4.90 Å². The van der Waals surface area contributed by atoms with Gasteiger partial charge in [0.25, 0.3) is 0 Å². The van der Waals surface area contributed by atoms with Crippen molar-refractivity contribution in [2.24, 2.45) is 0 Å². The lowest BCUT2D eigenvalue weighted by Gasteiger charge is -2.19. The van der Waals surface area contributed by atoms with E-state index in [1.165, 1.54) is 0 Å². The molecule has 0 aliphatic carbocycles. The summed E-state index contributed by atoms with van der Waals surface area (Å²) in [4.78, 5) is 35.8. The second-order valence-corrected chi connectivity index (χ2v) is 10.6. The number of pyridine rings is 2. The summed E-state index contributed by atoms with van der Waals surface area (Å²) >= 11 is 14.3. The molecule has 12 heteroatoms. The topological polar surface area (TPSA) is 98.8 Å². The third-order valence-electron chi connectivity index (χ3n) is 6.20. The first-order valence-electron chi connectivity index (χ1n) is 12.6. The molecule has 0 aliphatic rings. The van der Waals surface area contributed by atoms with E-state index in [4.69, 9.17) is 23.2 Å². The van der Waals surface area contributed by atoms with Crippen LogP contribution in [0.4, 0.5) is 5.69 Å². The fraction of sp³-hybridized carbons (Fsp3) is 0.333. The first-order chi connectivity index (χ1) is 18.9. The normalized spacial score (nSPS) is 11.9. The number of ketones is 1. The Morgan fingerprint density at radius 2 is 1.54 bits per heavy atom. The molecule has 1 unspecified atom stereocenters. The van der Waals surface area contributed by atoms with Crippen LogP contribution in [-0.4, -0.2) is 59.3 Å². The smallest absolute Gasteiger partial charge is 0.227 e. The van der Waals surface area contributed by atoms with Crippen LogP contribution < -0.4 is 4.90 Å². The second kappa shape index (κ2) is 13.7. The van der Waals surface area contributed by atoms with Crippen LogP contribution in [0, 0.1) is 0 Å². The van der Waals surface area contributed by atoms with Gasteiger partial charge in [-0.3, -0.25) is 19.6 Å². The van der Waals surface area contributed by atoms with Gasteiger partial charge in [-0.2, -0.15) is 22.0 Å². The number of amides is 1. The highest BCUT2D eigenvalue weighted by Crippen LogP contribution is 2.30. The van der Waals surface area contributed by atoms with Crippen molar-refractivity contribution in [1.29, 1.82) is 0 Å². The van der Waals surface area contributed by atoms with Crippen LogP contribution in [0.25, 0.3) is 11.4 Å². The maximum absolute atomic E-state index is 13.0. The Morgan fingerprint density at radius 3 is 2.13 bits per heavy atom. The number of rotatable bonds is 13. The fourth-order valence-corrected chi connectivity index (χ4v) is 5.58. The van der Waals surface area contributed by atoms with Crippen molar-refractivity contribution in [3.05, 3.63) is 77.3 Å². The SMILES string of the molecule is CCC(C(=O)CCSCCC(=O)N(CC)c1cn(-c2cccnc2)nc1Cl)c1cn(-c2cccnc2)nc1Cl. The first kappa shape index (κ1) is 28.8. The standard InChI is InChI=1S/C27H29Cl2N7O2S/c1-3-21(22-17-35(32-26(22)28)19-7-5-11-30-15-19)24(37)9-13-39-14-10-25(38)34(4-2)23-18-36(33-27(23)29)20-8-6-12-31-16-20/h5-8,11-12,15-18,21H,3-4,9-10,13-14H2,1-2H3. The number of carbonyl (C=O) groups is 2. The summed E-state index contributed by atoms with van der Waals surface area (Å²) in [5.41, 5.74) is 2.81. The quantitative estimate of drug-likeness (QED) is 0.183. The van der Waals surface area contributed by atoms with Crippen molar-refractivity contribution >= 4 is 52.3 Å². The average Bonchev–Trinajstić information content (AvgIpc) is 3.53. The minimum atomic E-state index is -0.334. The molecule has 0 fully saturated rings. The summed E-state index contributed by atoms with van der Waals surface area (Å²) in [5, 5.41) is 9.26. The van der Waals surface area contributed by atoms with Crippen molar-refractivity contribution in [3.8, 4) is 11.4 Å². The summed E-state index contributed by atoms with van der Waals surface area (Å²) in [7, 11) is 0. The zero-order valence-electron chi connectivity index (χ0n) is 21.7. The maximum Gasteiger partial charge on any atom is 0.227 e. The molecule has 0 aliphatic heterocycles. The number of thioether (sulfide) groups is 1. The molecule has 0 radical (unpaired) electrons. The van der Waals surface area contributed by atoms with Gasteiger partial charge in [0, 0.05) is 61.0 Å². The van der Waals surface area contributed by atoms with Crippen molar-refractivity contribution in [1.82, 2.24) is 29.5 Å². The molecule has 0 aromatic carbocycles. The largest absolute Gasteiger partial charge is 0.308 e. The van der Waals surface area contributed by atoms with E-state index in [0.717, 1.165) is 16.9 Å². The van der Waals surface area contributed by atoms with E-state index < -0.39 is 0 Å². The van der Waals surface area contributed by atoms with Gasteiger partial charge in [0.05, 0.1) is 30.0 Å². The Hall–Kier alpha value is -3.21. The summed E-state index contributed by atoms with van der Waals surface area (Å²) in [6.45, 7) is 4.33. The number of nitrogens with zero attached hydrogens (tertiary/aromatic N) is 7. The molecule has 4 aromatic heterocycles. The van der Waals surface area contributed by atoms with Crippen molar-refractivity contribution in [2.45, 2.75) is 39.0 Å². The third-order valence-corrected chi connectivity index (χ3v) is 7.75. The predicted molar refractivity (Wildman–Crippen MR) is 155 cm³/mol. The van der Waals surface area contributed by atoms with E-state index in [1.54, 1.807) is 63.2 Å². The summed E-state index contributed by atoms with van der Waals surface area (Å²) < 4.78 is 3.25. The van der Waals surface area contributed by atoms with Crippen LogP contribution in [0.2, 0.25) is 10.3 Å². The molecule has 0 saturated heterocycles. The molecule has 4 heterocycles. The molecule has 39 heavy (non-hydrogen) atoms. The van der Waals surface area contributed by atoms with Crippen molar-refractivity contribution in [2.75, 3.05) is 23.0 Å². The molecule has 9 nitrogen and oxygen atoms in total. The van der Waals surface area contributed by atoms with Crippen LogP contribution in [0.3, 0.4) is 0 Å². The number of hydrogen-bond donors (Lipinski definition) is 0. The van der Waals surface area contributed by atoms with Gasteiger partial charge in [0.1, 0.15) is 11.5 Å². The highest BCUT2D eigenvalue weighted by atomic mass is 35.5. The number of carbonyl (C=O) groups excluding carboxylic acids is 2. The Bertz CT molecular complexity index is 1290. The summed E-state index contributed by atoms with van der Waals surface area (Å²) in [6.07, 6.45) is 11.6. The maximum atomic E-state index is 13.0. The fourth-order valence-electron chi connectivity index (χ4n) is 4.21. The van der Waals surface area contributed by atoms with E-state index >= 15 is 0 Å². The predicted octanol–water partition coefficient (Wildman–Crippen LogP) is 5.78. The molecule has 0 bridgehead atoms. The summed E-state index contributed by atoms with van der Waals surface area (Å²) in [5.74, 6) is 0.925. The van der Waals surface area contributed by atoms with Gasteiger partial charge in [0.15, 0.2) is 10.3 Å². The van der Waals surface area contributed by atoms with Gasteiger partial charge in [-0.05, 0) is 37.6 Å². The monoisotopic (exact) mass is 585 g/mol. The first-order valence-corrected chi connectivity index (χ1v) is 14.6. The number of Topliss-reactive ketones (excluding diaryl/α,β-unsaturated/α-hetero) is 1. The Kier molecular flexibility index (Phi) is 10.1. The van der Waals surface area contributed by atoms with Gasteiger partial charge in [-0.15, -0.1) is 0 Å². The van der Waals surface area contributed by atoms with Crippen LogP contribution in [0.5, 0.6) is 0 Å². The lowest BCUT2D eigenvalue weighted by Crippen LogP contribution is -2.30. The van der Waals surface area contributed by atoms with Crippen LogP contribution in [-0.2, 0) is 9.59 Å². The molecular formula is C27H29Cl2N7O2S. The molecule has 4 rings (SSSR count). The lowest BCUT2D eigenvalue weighted by atomic mass is 9.93. The van der Waals surface area contributed by atoms with Gasteiger partial charge >= 0.3 is 0 Å². The third kappa shape index (κ3) is 7.06. The van der Waals surface area contributed by atoms with Gasteiger partial charge in [-0.1, -0.05) is 30.1 Å². The minimum absolute atomic E-state index is 0.0509. The van der Waals surface area contributed by atoms with Gasteiger partial charge in [-0.25, -0.2) is 9.36 Å². The number of aromatic nitrogens is 6. The van der Waals surface area contributed by atoms with E-state index in [0.29, 0.717) is 48.2 Å². The van der Waals surface area contributed by atoms with E-state index in [-0.39, 0.29) is 22.8 Å². The van der Waals surface area contributed by atoms with Crippen LogP contribution >= 0.6 is 35.0 Å². The van der Waals surface area contributed by atoms with E-state index in [2.05, 4.69) is 20.2 Å². The zero-order chi connectivity index (χ0) is 27.8. The van der Waals surface area contributed by atoms with Crippen LogP contribution in [0.15, 0.2) is 61.4 Å². The van der Waals surface area contributed by atoms with Gasteiger partial charge in [0.2, 0.25) is 5.91 Å². The second-order valence-electron chi connectivity index (χ2n) is 8.67. The van der Waals surface area contributed by atoms with Crippen molar-refractivity contribution in [3.63, 3.8) is 0 Å².